The van der Waals surface area contributed by atoms with Crippen molar-refractivity contribution in [2.24, 2.45) is 4.99 Å². The molecular weight excluding hydrogens is 505 g/mol. The van der Waals surface area contributed by atoms with Crippen molar-refractivity contribution in [3.05, 3.63) is 53.7 Å². The molecule has 0 saturated carbocycles. The van der Waals surface area contributed by atoms with Gasteiger partial charge >= 0.3 is 0 Å². The van der Waals surface area contributed by atoms with Crippen molar-refractivity contribution in [2.45, 2.75) is 32.9 Å². The molecule has 1 unspecified atom stereocenters. The average Bonchev–Trinajstić information content (AvgIpc) is 2.78. The van der Waals surface area contributed by atoms with Gasteiger partial charge in [0.05, 0.1) is 26.4 Å². The van der Waals surface area contributed by atoms with Gasteiger partial charge in [-0.25, -0.2) is 9.98 Å². The number of pyridine rings is 1. The molecule has 0 radical (unpaired) electrons. The Bertz CT molecular complexity index is 816. The molecule has 0 aliphatic carbocycles. The summed E-state index contributed by atoms with van der Waals surface area (Å²) in [6.07, 6.45) is 3.02. The minimum absolute atomic E-state index is 0. The Balaban J connectivity index is 0.00000341. The molecule has 2 N–H and O–H groups in total. The summed E-state index contributed by atoms with van der Waals surface area (Å²) in [5.74, 6) is 2.72. The second kappa shape index (κ2) is 13.4. The summed E-state index contributed by atoms with van der Waals surface area (Å²) in [4.78, 5) is 11.6. The minimum atomic E-state index is 0. The molecule has 1 aromatic heterocycles. The lowest BCUT2D eigenvalue weighted by molar-refractivity contribution is 0.0529. The normalized spacial score (nSPS) is 16.4. The zero-order chi connectivity index (χ0) is 21.2. The van der Waals surface area contributed by atoms with Gasteiger partial charge in [0.25, 0.3) is 0 Å². The van der Waals surface area contributed by atoms with Crippen molar-refractivity contribution in [3.8, 4) is 5.75 Å². The Morgan fingerprint density at radius 1 is 1.26 bits per heavy atom. The number of rotatable bonds is 8. The van der Waals surface area contributed by atoms with Crippen LogP contribution >= 0.6 is 24.0 Å². The molecule has 3 rings (SSSR count). The van der Waals surface area contributed by atoms with Crippen LogP contribution in [0.25, 0.3) is 0 Å². The summed E-state index contributed by atoms with van der Waals surface area (Å²) >= 11 is 0. The van der Waals surface area contributed by atoms with E-state index in [4.69, 9.17) is 14.5 Å². The number of para-hydroxylation sites is 1. The number of nitrogens with zero attached hydrogens (tertiary/aromatic N) is 3. The number of guanidine groups is 1. The summed E-state index contributed by atoms with van der Waals surface area (Å²) in [7, 11) is 1.71. The number of nitrogens with one attached hydrogen (secondary N) is 2. The van der Waals surface area contributed by atoms with Crippen LogP contribution in [0.3, 0.4) is 0 Å². The lowest BCUT2D eigenvalue weighted by Gasteiger charge is -2.32. The Labute approximate surface area is 202 Å². The third-order valence-electron chi connectivity index (χ3n) is 5.02. The van der Waals surface area contributed by atoms with Gasteiger partial charge < -0.3 is 25.0 Å². The molecule has 2 aromatic rings. The van der Waals surface area contributed by atoms with E-state index in [1.54, 1.807) is 7.11 Å². The van der Waals surface area contributed by atoms with E-state index in [0.717, 1.165) is 62.3 Å². The largest absolute Gasteiger partial charge is 0.496 e. The lowest BCUT2D eigenvalue weighted by Crippen LogP contribution is -2.41. The van der Waals surface area contributed by atoms with Crippen LogP contribution in [-0.4, -0.2) is 56.9 Å². The first-order valence-electron chi connectivity index (χ1n) is 10.6. The lowest BCUT2D eigenvalue weighted by atomic mass is 10.1. The number of ether oxygens (including phenoxy) is 2. The van der Waals surface area contributed by atoms with Gasteiger partial charge in [0.2, 0.25) is 0 Å². The molecule has 2 heterocycles. The summed E-state index contributed by atoms with van der Waals surface area (Å²) in [6, 6.07) is 12.3. The predicted molar refractivity (Wildman–Crippen MR) is 137 cm³/mol. The van der Waals surface area contributed by atoms with Gasteiger partial charge in [-0.15, -0.1) is 24.0 Å². The molecule has 1 aliphatic heterocycles. The van der Waals surface area contributed by atoms with Crippen LogP contribution < -0.4 is 20.3 Å². The van der Waals surface area contributed by atoms with Gasteiger partial charge in [-0.05, 0) is 43.5 Å². The molecule has 1 atom stereocenters. The van der Waals surface area contributed by atoms with Crippen molar-refractivity contribution in [1.29, 1.82) is 0 Å². The Kier molecular flexibility index (Phi) is 10.9. The molecule has 1 fully saturated rings. The summed E-state index contributed by atoms with van der Waals surface area (Å²) in [5.41, 5.74) is 2.27. The summed E-state index contributed by atoms with van der Waals surface area (Å²) in [6.45, 7) is 8.85. The van der Waals surface area contributed by atoms with Gasteiger partial charge in [0, 0.05) is 32.4 Å². The smallest absolute Gasteiger partial charge is 0.191 e. The molecule has 0 amide bonds. The monoisotopic (exact) mass is 539 g/mol. The number of benzene rings is 1. The number of halogens is 1. The Morgan fingerprint density at radius 2 is 2.10 bits per heavy atom. The highest BCUT2D eigenvalue weighted by molar-refractivity contribution is 14.0. The topological polar surface area (TPSA) is 71.0 Å². The number of hydrogen-bond donors (Lipinski definition) is 2. The quantitative estimate of drug-likeness (QED) is 0.305. The first-order valence-corrected chi connectivity index (χ1v) is 10.6. The van der Waals surface area contributed by atoms with Crippen LogP contribution in [0.15, 0.2) is 47.6 Å². The number of anilines is 1. The molecule has 1 aliphatic rings. The van der Waals surface area contributed by atoms with E-state index in [9.17, 15) is 0 Å². The third kappa shape index (κ3) is 7.84. The summed E-state index contributed by atoms with van der Waals surface area (Å²) in [5, 5.41) is 6.70. The number of methoxy groups -OCH3 is 1. The molecule has 0 spiro atoms. The second-order valence-corrected chi connectivity index (χ2v) is 7.34. The van der Waals surface area contributed by atoms with E-state index < -0.39 is 0 Å². The standard InChI is InChI=1S/C23H33N5O2.HI/c1-4-24-23(25-12-11-20-7-5-6-8-21(20)29-3)27-16-19-9-10-22(26-15-19)28-13-14-30-18(2)17-28;/h5-10,15,18H,4,11-14,16-17H2,1-3H3,(H2,24,25,27);1H. The molecule has 0 bridgehead atoms. The first kappa shape index (κ1) is 25.2. The van der Waals surface area contributed by atoms with Crippen LogP contribution in [0.1, 0.15) is 25.0 Å². The second-order valence-electron chi connectivity index (χ2n) is 7.34. The molecule has 7 nitrogen and oxygen atoms in total. The number of aliphatic imine (C=N–C) groups is 1. The molecule has 1 aromatic carbocycles. The maximum absolute atomic E-state index is 5.61. The highest BCUT2D eigenvalue weighted by Gasteiger charge is 2.17. The van der Waals surface area contributed by atoms with Gasteiger partial charge in [0.15, 0.2) is 5.96 Å². The van der Waals surface area contributed by atoms with Gasteiger partial charge in [0.1, 0.15) is 11.6 Å². The number of aromatic nitrogens is 1. The van der Waals surface area contributed by atoms with Crippen molar-refractivity contribution in [3.63, 3.8) is 0 Å². The predicted octanol–water partition coefficient (Wildman–Crippen LogP) is 3.23. The maximum atomic E-state index is 5.61. The van der Waals surface area contributed by atoms with Crippen LogP contribution in [0.2, 0.25) is 0 Å². The Hall–Kier alpha value is -2.07. The maximum Gasteiger partial charge on any atom is 0.191 e. The fourth-order valence-corrected chi connectivity index (χ4v) is 3.46. The van der Waals surface area contributed by atoms with E-state index >= 15 is 0 Å². The molecule has 8 heteroatoms. The first-order chi connectivity index (χ1) is 14.7. The fraction of sp³-hybridized carbons (Fsp3) is 0.478. The zero-order valence-electron chi connectivity index (χ0n) is 18.6. The minimum Gasteiger partial charge on any atom is -0.496 e. The number of morpholine rings is 1. The number of hydrogen-bond acceptors (Lipinski definition) is 5. The van der Waals surface area contributed by atoms with E-state index in [1.807, 2.05) is 24.4 Å². The highest BCUT2D eigenvalue weighted by Crippen LogP contribution is 2.17. The summed E-state index contributed by atoms with van der Waals surface area (Å²) < 4.78 is 11.0. The molecular formula is C23H34IN5O2. The highest BCUT2D eigenvalue weighted by atomic mass is 127. The van der Waals surface area contributed by atoms with Crippen LogP contribution in [0.5, 0.6) is 5.75 Å². The van der Waals surface area contributed by atoms with E-state index in [-0.39, 0.29) is 30.1 Å². The SMILES string of the molecule is CCNC(=NCc1ccc(N2CCOC(C)C2)nc1)NCCc1ccccc1OC.I. The van der Waals surface area contributed by atoms with Crippen LogP contribution in [0.4, 0.5) is 5.82 Å². The van der Waals surface area contributed by atoms with E-state index in [2.05, 4.69) is 52.6 Å². The Morgan fingerprint density at radius 3 is 2.81 bits per heavy atom. The van der Waals surface area contributed by atoms with Crippen molar-refractivity contribution in [1.82, 2.24) is 15.6 Å². The van der Waals surface area contributed by atoms with Crippen molar-refractivity contribution in [2.75, 3.05) is 44.8 Å². The van der Waals surface area contributed by atoms with E-state index in [1.165, 1.54) is 5.56 Å². The van der Waals surface area contributed by atoms with Crippen LogP contribution in [0, 0.1) is 0 Å². The van der Waals surface area contributed by atoms with Gasteiger partial charge in [-0.2, -0.15) is 0 Å². The van der Waals surface area contributed by atoms with Gasteiger partial charge in [-0.3, -0.25) is 0 Å². The molecule has 31 heavy (non-hydrogen) atoms. The fourth-order valence-electron chi connectivity index (χ4n) is 3.46. The van der Waals surface area contributed by atoms with Crippen LogP contribution in [-0.2, 0) is 17.7 Å². The zero-order valence-corrected chi connectivity index (χ0v) is 21.0. The van der Waals surface area contributed by atoms with Crippen molar-refractivity contribution < 1.29 is 9.47 Å². The van der Waals surface area contributed by atoms with Gasteiger partial charge in [-0.1, -0.05) is 24.3 Å². The molecule has 170 valence electrons. The average molecular weight is 539 g/mol. The third-order valence-corrected chi connectivity index (χ3v) is 5.02. The van der Waals surface area contributed by atoms with E-state index in [0.29, 0.717) is 6.54 Å². The van der Waals surface area contributed by atoms with Crippen molar-refractivity contribution >= 4 is 35.8 Å². The molecule has 1 saturated heterocycles.